The number of aromatic amines is 1. The number of thiocarbonyl (C=S) groups is 1. The number of unbranched alkanes of at least 4 members (excludes halogenated alkanes) is 1. The Kier molecular flexibility index (Phi) is 8.54. The number of ether oxygens (including phenoxy) is 2. The van der Waals surface area contributed by atoms with Gasteiger partial charge in [-0.15, -0.1) is 0 Å². The fraction of sp³-hybridized carbons (Fsp3) is 0.565. The lowest BCUT2D eigenvalue weighted by Crippen LogP contribution is -2.42. The molecule has 31 heavy (non-hydrogen) atoms. The number of nitrogens with zero attached hydrogens (tertiary/aromatic N) is 2. The van der Waals surface area contributed by atoms with Crippen LogP contribution in [0.2, 0.25) is 0 Å². The number of rotatable bonds is 11. The van der Waals surface area contributed by atoms with Gasteiger partial charge in [-0.25, -0.2) is 0 Å². The van der Waals surface area contributed by atoms with Crippen LogP contribution in [-0.2, 0) is 6.54 Å². The molecule has 0 radical (unpaired) electrons. The van der Waals surface area contributed by atoms with Crippen LogP contribution in [0.3, 0.4) is 0 Å². The average Bonchev–Trinajstić information content (AvgIpc) is 3.22. The number of fused-ring (bicyclic) bond motifs is 2. The molecule has 0 atom stereocenters. The van der Waals surface area contributed by atoms with Gasteiger partial charge in [-0.2, -0.15) is 0 Å². The second kappa shape index (κ2) is 11.3. The SMILES string of the molecule is CCCCNC(=S)N(CCCN(CC)CC)Cc1cc2cc3c(cc2[nH]c1=O)OCO3. The minimum Gasteiger partial charge on any atom is -0.454 e. The lowest BCUT2D eigenvalue weighted by molar-refractivity contribution is 0.174. The minimum atomic E-state index is -0.100. The highest BCUT2D eigenvalue weighted by molar-refractivity contribution is 7.80. The van der Waals surface area contributed by atoms with Crippen molar-refractivity contribution in [2.24, 2.45) is 0 Å². The van der Waals surface area contributed by atoms with Crippen LogP contribution in [0.1, 0.15) is 45.6 Å². The lowest BCUT2D eigenvalue weighted by atomic mass is 10.1. The van der Waals surface area contributed by atoms with Crippen molar-refractivity contribution < 1.29 is 9.47 Å². The number of nitrogens with one attached hydrogen (secondary N) is 2. The third-order valence-electron chi connectivity index (χ3n) is 5.67. The highest BCUT2D eigenvalue weighted by Gasteiger charge is 2.17. The summed E-state index contributed by atoms with van der Waals surface area (Å²) < 4.78 is 10.9. The molecule has 2 heterocycles. The summed E-state index contributed by atoms with van der Waals surface area (Å²) in [6, 6.07) is 5.67. The Labute approximate surface area is 189 Å². The Hall–Kier alpha value is -2.32. The van der Waals surface area contributed by atoms with Crippen molar-refractivity contribution in [3.63, 3.8) is 0 Å². The fourth-order valence-electron chi connectivity index (χ4n) is 3.73. The fourth-order valence-corrected chi connectivity index (χ4v) is 3.98. The van der Waals surface area contributed by atoms with E-state index in [1.807, 2.05) is 18.2 Å². The van der Waals surface area contributed by atoms with Crippen LogP contribution in [0.25, 0.3) is 10.9 Å². The van der Waals surface area contributed by atoms with Gasteiger partial charge in [0.2, 0.25) is 6.79 Å². The molecule has 170 valence electrons. The first-order chi connectivity index (χ1) is 15.0. The Bertz CT molecular complexity index is 942. The van der Waals surface area contributed by atoms with E-state index in [1.54, 1.807) is 0 Å². The van der Waals surface area contributed by atoms with Crippen molar-refractivity contribution in [3.05, 3.63) is 34.1 Å². The van der Waals surface area contributed by atoms with E-state index in [2.05, 4.69) is 40.9 Å². The highest BCUT2D eigenvalue weighted by atomic mass is 32.1. The Morgan fingerprint density at radius 2 is 1.84 bits per heavy atom. The van der Waals surface area contributed by atoms with Gasteiger partial charge in [-0.3, -0.25) is 4.79 Å². The molecule has 2 aromatic rings. The smallest absolute Gasteiger partial charge is 0.253 e. The molecule has 1 aliphatic rings. The molecule has 1 aliphatic heterocycles. The molecule has 0 aliphatic carbocycles. The first-order valence-electron chi connectivity index (χ1n) is 11.3. The summed E-state index contributed by atoms with van der Waals surface area (Å²) in [5.41, 5.74) is 1.33. The monoisotopic (exact) mass is 446 g/mol. The molecule has 0 saturated carbocycles. The molecule has 0 amide bonds. The van der Waals surface area contributed by atoms with Crippen LogP contribution in [0.4, 0.5) is 0 Å². The van der Waals surface area contributed by atoms with E-state index in [0.717, 1.165) is 62.9 Å². The van der Waals surface area contributed by atoms with Gasteiger partial charge in [0.25, 0.3) is 5.56 Å². The van der Waals surface area contributed by atoms with Gasteiger partial charge in [0.05, 0.1) is 12.1 Å². The second-order valence-electron chi connectivity index (χ2n) is 7.80. The zero-order valence-corrected chi connectivity index (χ0v) is 19.6. The molecule has 0 bridgehead atoms. The van der Waals surface area contributed by atoms with E-state index in [-0.39, 0.29) is 12.4 Å². The topological polar surface area (TPSA) is 69.8 Å². The standard InChI is InChI=1S/C23H34N4O3S/c1-4-7-9-24-23(31)27(11-8-10-26(5-2)6-3)15-18-12-17-13-20-21(30-16-29-20)14-19(17)25-22(18)28/h12-14H,4-11,15-16H2,1-3H3,(H,24,31)(H,25,28). The molecule has 2 N–H and O–H groups in total. The van der Waals surface area contributed by atoms with Crippen molar-refractivity contribution in [1.82, 2.24) is 20.1 Å². The summed E-state index contributed by atoms with van der Waals surface area (Å²) in [5.74, 6) is 1.37. The number of hydrogen-bond acceptors (Lipinski definition) is 5. The average molecular weight is 447 g/mol. The molecule has 3 rings (SSSR count). The van der Waals surface area contributed by atoms with Crippen LogP contribution in [0.5, 0.6) is 11.5 Å². The van der Waals surface area contributed by atoms with Gasteiger partial charge >= 0.3 is 0 Å². The summed E-state index contributed by atoms with van der Waals surface area (Å²) >= 11 is 5.68. The van der Waals surface area contributed by atoms with E-state index in [1.165, 1.54) is 0 Å². The summed E-state index contributed by atoms with van der Waals surface area (Å²) in [4.78, 5) is 20.3. The maximum atomic E-state index is 12.8. The molecular weight excluding hydrogens is 412 g/mol. The summed E-state index contributed by atoms with van der Waals surface area (Å²) in [5, 5.41) is 4.99. The van der Waals surface area contributed by atoms with E-state index < -0.39 is 0 Å². The molecule has 7 nitrogen and oxygen atoms in total. The number of aromatic nitrogens is 1. The van der Waals surface area contributed by atoms with Crippen LogP contribution < -0.4 is 20.3 Å². The van der Waals surface area contributed by atoms with Crippen molar-refractivity contribution in [3.8, 4) is 11.5 Å². The van der Waals surface area contributed by atoms with Crippen molar-refractivity contribution >= 4 is 28.2 Å². The van der Waals surface area contributed by atoms with Gasteiger partial charge in [0.1, 0.15) is 0 Å². The summed E-state index contributed by atoms with van der Waals surface area (Å²) in [7, 11) is 0. The predicted octanol–water partition coefficient (Wildman–Crippen LogP) is 3.47. The first kappa shape index (κ1) is 23.3. The van der Waals surface area contributed by atoms with Gasteiger partial charge in [0, 0.05) is 30.1 Å². The Morgan fingerprint density at radius 3 is 2.55 bits per heavy atom. The van der Waals surface area contributed by atoms with Crippen LogP contribution >= 0.6 is 12.2 Å². The van der Waals surface area contributed by atoms with E-state index in [9.17, 15) is 4.79 Å². The number of benzene rings is 1. The molecule has 8 heteroatoms. The number of H-pyrrole nitrogens is 1. The molecule has 1 aromatic carbocycles. The first-order valence-corrected chi connectivity index (χ1v) is 11.7. The molecule has 1 aromatic heterocycles. The largest absolute Gasteiger partial charge is 0.454 e. The van der Waals surface area contributed by atoms with Crippen LogP contribution in [0, 0.1) is 0 Å². The minimum absolute atomic E-state index is 0.100. The zero-order chi connectivity index (χ0) is 22.2. The van der Waals surface area contributed by atoms with Gasteiger partial charge in [-0.05, 0) is 56.8 Å². The van der Waals surface area contributed by atoms with Crippen molar-refractivity contribution in [2.45, 2.75) is 46.6 Å². The van der Waals surface area contributed by atoms with E-state index >= 15 is 0 Å². The quantitative estimate of drug-likeness (QED) is 0.405. The van der Waals surface area contributed by atoms with Gasteiger partial charge < -0.3 is 29.6 Å². The zero-order valence-electron chi connectivity index (χ0n) is 18.8. The molecular formula is C23H34N4O3S. The van der Waals surface area contributed by atoms with Gasteiger partial charge in [-0.1, -0.05) is 27.2 Å². The van der Waals surface area contributed by atoms with Crippen molar-refractivity contribution in [2.75, 3.05) is 39.5 Å². The molecule has 0 saturated heterocycles. The third-order valence-corrected chi connectivity index (χ3v) is 6.07. The van der Waals surface area contributed by atoms with Crippen molar-refractivity contribution in [1.29, 1.82) is 0 Å². The maximum Gasteiger partial charge on any atom is 0.253 e. The molecule has 0 fully saturated rings. The van der Waals surface area contributed by atoms with Crippen LogP contribution in [-0.4, -0.2) is 59.4 Å². The summed E-state index contributed by atoms with van der Waals surface area (Å²) in [6.45, 7) is 11.9. The van der Waals surface area contributed by atoms with Crippen LogP contribution in [0.15, 0.2) is 23.0 Å². The lowest BCUT2D eigenvalue weighted by Gasteiger charge is -2.27. The van der Waals surface area contributed by atoms with Gasteiger partial charge in [0.15, 0.2) is 16.6 Å². The number of hydrogen-bond donors (Lipinski definition) is 2. The highest BCUT2D eigenvalue weighted by Crippen LogP contribution is 2.35. The summed E-state index contributed by atoms with van der Waals surface area (Å²) in [6.07, 6.45) is 3.16. The Morgan fingerprint density at radius 1 is 1.10 bits per heavy atom. The maximum absolute atomic E-state index is 12.8. The molecule has 0 unspecified atom stereocenters. The van der Waals surface area contributed by atoms with E-state index in [0.29, 0.717) is 28.7 Å². The number of pyridine rings is 1. The second-order valence-corrected chi connectivity index (χ2v) is 8.19. The predicted molar refractivity (Wildman–Crippen MR) is 129 cm³/mol. The Balaban J connectivity index is 1.77. The molecule has 0 spiro atoms. The van der Waals surface area contributed by atoms with E-state index in [4.69, 9.17) is 21.7 Å². The normalized spacial score (nSPS) is 12.5. The third kappa shape index (κ3) is 6.11.